The molecule has 3 heterocycles. The molecule has 3 rings (SSSR count). The van der Waals surface area contributed by atoms with Gasteiger partial charge in [-0.2, -0.15) is 0 Å². The lowest BCUT2D eigenvalue weighted by molar-refractivity contribution is -0.157. The first-order valence-corrected chi connectivity index (χ1v) is 7.91. The van der Waals surface area contributed by atoms with Crippen molar-refractivity contribution >= 4 is 5.78 Å². The second-order valence-electron chi connectivity index (χ2n) is 6.16. The minimum atomic E-state index is -0.0898. The van der Waals surface area contributed by atoms with Crippen LogP contribution in [0.4, 0.5) is 0 Å². The SMILES string of the molecule is O=C(CCc1ccncc1)C1CCOC2(CCOCC2)C1. The first-order chi connectivity index (χ1) is 10.3. The van der Waals surface area contributed by atoms with Gasteiger partial charge in [0.1, 0.15) is 5.78 Å². The molecule has 1 aromatic rings. The maximum absolute atomic E-state index is 12.5. The van der Waals surface area contributed by atoms with E-state index in [1.165, 1.54) is 5.56 Å². The number of Topliss-reactive ketones (excluding diaryl/α,β-unsaturated/α-hetero) is 1. The summed E-state index contributed by atoms with van der Waals surface area (Å²) < 4.78 is 11.4. The van der Waals surface area contributed by atoms with Gasteiger partial charge in [0.2, 0.25) is 0 Å². The molecule has 2 aliphatic heterocycles. The van der Waals surface area contributed by atoms with Crippen molar-refractivity contribution in [2.75, 3.05) is 19.8 Å². The highest BCUT2D eigenvalue weighted by Crippen LogP contribution is 2.37. The van der Waals surface area contributed by atoms with Crippen LogP contribution in [0.15, 0.2) is 24.5 Å². The van der Waals surface area contributed by atoms with Crippen LogP contribution in [0.2, 0.25) is 0 Å². The smallest absolute Gasteiger partial charge is 0.136 e. The molecule has 0 aromatic carbocycles. The van der Waals surface area contributed by atoms with Crippen molar-refractivity contribution in [3.05, 3.63) is 30.1 Å². The van der Waals surface area contributed by atoms with Gasteiger partial charge in [0.05, 0.1) is 5.60 Å². The van der Waals surface area contributed by atoms with Gasteiger partial charge in [-0.1, -0.05) is 0 Å². The Bertz CT molecular complexity index is 463. The van der Waals surface area contributed by atoms with E-state index in [9.17, 15) is 4.79 Å². The van der Waals surface area contributed by atoms with Crippen LogP contribution in [0, 0.1) is 5.92 Å². The maximum atomic E-state index is 12.5. The van der Waals surface area contributed by atoms with E-state index in [2.05, 4.69) is 4.98 Å². The Morgan fingerprint density at radius 1 is 1.24 bits per heavy atom. The van der Waals surface area contributed by atoms with Crippen LogP contribution in [-0.2, 0) is 20.7 Å². The van der Waals surface area contributed by atoms with Crippen LogP contribution in [0.25, 0.3) is 0 Å². The van der Waals surface area contributed by atoms with Crippen LogP contribution in [0.5, 0.6) is 0 Å². The minimum Gasteiger partial charge on any atom is -0.381 e. The number of carbonyl (C=O) groups excluding carboxylic acids is 1. The molecule has 4 heteroatoms. The van der Waals surface area contributed by atoms with Crippen LogP contribution >= 0.6 is 0 Å². The Morgan fingerprint density at radius 2 is 2.00 bits per heavy atom. The molecule has 0 bridgehead atoms. The third kappa shape index (κ3) is 3.69. The number of carbonyl (C=O) groups is 1. The van der Waals surface area contributed by atoms with E-state index < -0.39 is 0 Å². The fourth-order valence-electron chi connectivity index (χ4n) is 3.42. The lowest BCUT2D eigenvalue weighted by atomic mass is 9.78. The summed E-state index contributed by atoms with van der Waals surface area (Å²) in [7, 11) is 0. The molecule has 2 saturated heterocycles. The van der Waals surface area contributed by atoms with Gasteiger partial charge in [-0.3, -0.25) is 9.78 Å². The van der Waals surface area contributed by atoms with Gasteiger partial charge in [-0.05, 0) is 49.8 Å². The summed E-state index contributed by atoms with van der Waals surface area (Å²) in [6.45, 7) is 2.24. The molecule has 0 aliphatic carbocycles. The standard InChI is InChI=1S/C17H23NO3/c19-16(2-1-14-3-8-18-9-4-14)15-5-10-21-17(13-15)6-11-20-12-7-17/h3-4,8-9,15H,1-2,5-7,10-13H2. The third-order valence-electron chi connectivity index (χ3n) is 4.76. The van der Waals surface area contributed by atoms with Crippen molar-refractivity contribution in [2.45, 2.75) is 44.1 Å². The Morgan fingerprint density at radius 3 is 2.76 bits per heavy atom. The van der Waals surface area contributed by atoms with Crippen molar-refractivity contribution in [3.63, 3.8) is 0 Å². The molecule has 1 spiro atoms. The predicted molar refractivity (Wildman–Crippen MR) is 79.0 cm³/mol. The van der Waals surface area contributed by atoms with Crippen LogP contribution in [0.1, 0.15) is 37.7 Å². The molecule has 0 N–H and O–H groups in total. The number of pyridine rings is 1. The Kier molecular flexibility index (Phi) is 4.66. The fourth-order valence-corrected chi connectivity index (χ4v) is 3.42. The zero-order valence-electron chi connectivity index (χ0n) is 12.4. The first-order valence-electron chi connectivity index (χ1n) is 7.91. The monoisotopic (exact) mass is 289 g/mol. The van der Waals surface area contributed by atoms with E-state index in [0.29, 0.717) is 18.8 Å². The Balaban J connectivity index is 1.54. The van der Waals surface area contributed by atoms with Gasteiger partial charge in [0.15, 0.2) is 0 Å². The molecule has 21 heavy (non-hydrogen) atoms. The van der Waals surface area contributed by atoms with E-state index in [0.717, 1.165) is 45.3 Å². The average Bonchev–Trinajstić information content (AvgIpc) is 2.54. The molecule has 4 nitrogen and oxygen atoms in total. The predicted octanol–water partition coefficient (Wildman–Crippen LogP) is 2.56. The number of nitrogens with zero attached hydrogens (tertiary/aromatic N) is 1. The second kappa shape index (κ2) is 6.67. The average molecular weight is 289 g/mol. The molecule has 0 amide bonds. The number of aromatic nitrogens is 1. The van der Waals surface area contributed by atoms with Crippen molar-refractivity contribution < 1.29 is 14.3 Å². The molecule has 114 valence electrons. The van der Waals surface area contributed by atoms with Crippen molar-refractivity contribution in [3.8, 4) is 0 Å². The topological polar surface area (TPSA) is 48.4 Å². The molecule has 0 radical (unpaired) electrons. The molecular weight excluding hydrogens is 266 g/mol. The van der Waals surface area contributed by atoms with Crippen molar-refractivity contribution in [2.24, 2.45) is 5.92 Å². The lowest BCUT2D eigenvalue weighted by Gasteiger charge is -2.43. The molecule has 2 aliphatic rings. The summed E-state index contributed by atoms with van der Waals surface area (Å²) in [4.78, 5) is 16.5. The summed E-state index contributed by atoms with van der Waals surface area (Å²) in [5, 5.41) is 0. The molecular formula is C17H23NO3. The summed E-state index contributed by atoms with van der Waals surface area (Å²) in [5.41, 5.74) is 1.10. The Labute approximate surface area is 125 Å². The molecule has 0 saturated carbocycles. The third-order valence-corrected chi connectivity index (χ3v) is 4.76. The number of aryl methyl sites for hydroxylation is 1. The number of rotatable bonds is 4. The molecule has 1 aromatic heterocycles. The maximum Gasteiger partial charge on any atom is 0.136 e. The highest BCUT2D eigenvalue weighted by Gasteiger charge is 2.40. The second-order valence-corrected chi connectivity index (χ2v) is 6.16. The largest absolute Gasteiger partial charge is 0.381 e. The minimum absolute atomic E-state index is 0.0898. The fraction of sp³-hybridized carbons (Fsp3) is 0.647. The lowest BCUT2D eigenvalue weighted by Crippen LogP contribution is -2.45. The van der Waals surface area contributed by atoms with E-state index in [-0.39, 0.29) is 11.5 Å². The summed E-state index contributed by atoms with van der Waals surface area (Å²) >= 11 is 0. The number of hydrogen-bond acceptors (Lipinski definition) is 4. The van der Waals surface area contributed by atoms with E-state index in [1.54, 1.807) is 12.4 Å². The zero-order valence-corrected chi connectivity index (χ0v) is 12.4. The summed E-state index contributed by atoms with van der Waals surface area (Å²) in [6, 6.07) is 3.97. The summed E-state index contributed by atoms with van der Waals surface area (Å²) in [6.07, 6.45) is 8.62. The normalized spacial score (nSPS) is 24.9. The van der Waals surface area contributed by atoms with Crippen molar-refractivity contribution in [1.29, 1.82) is 0 Å². The number of ether oxygens (including phenoxy) is 2. The van der Waals surface area contributed by atoms with Crippen LogP contribution in [-0.4, -0.2) is 36.2 Å². The van der Waals surface area contributed by atoms with Crippen molar-refractivity contribution in [1.82, 2.24) is 4.98 Å². The zero-order chi connectivity index (χ0) is 14.5. The summed E-state index contributed by atoms with van der Waals surface area (Å²) in [5.74, 6) is 0.555. The molecule has 2 fully saturated rings. The number of ketones is 1. The highest BCUT2D eigenvalue weighted by molar-refractivity contribution is 5.81. The van der Waals surface area contributed by atoms with E-state index >= 15 is 0 Å². The van der Waals surface area contributed by atoms with Crippen LogP contribution < -0.4 is 0 Å². The first kappa shape index (κ1) is 14.7. The van der Waals surface area contributed by atoms with Crippen LogP contribution in [0.3, 0.4) is 0 Å². The van der Waals surface area contributed by atoms with Gasteiger partial charge in [0, 0.05) is 44.6 Å². The molecule has 1 atom stereocenters. The van der Waals surface area contributed by atoms with Gasteiger partial charge in [-0.15, -0.1) is 0 Å². The molecule has 1 unspecified atom stereocenters. The van der Waals surface area contributed by atoms with Gasteiger partial charge < -0.3 is 9.47 Å². The van der Waals surface area contributed by atoms with E-state index in [1.807, 2.05) is 12.1 Å². The quantitative estimate of drug-likeness (QED) is 0.854. The Hall–Kier alpha value is -1.26. The van der Waals surface area contributed by atoms with E-state index in [4.69, 9.17) is 9.47 Å². The van der Waals surface area contributed by atoms with Gasteiger partial charge in [0.25, 0.3) is 0 Å². The highest BCUT2D eigenvalue weighted by atomic mass is 16.5. The van der Waals surface area contributed by atoms with Gasteiger partial charge >= 0.3 is 0 Å². The van der Waals surface area contributed by atoms with Gasteiger partial charge in [-0.25, -0.2) is 0 Å². The number of hydrogen-bond donors (Lipinski definition) is 0.